The summed E-state index contributed by atoms with van der Waals surface area (Å²) in [4.78, 5) is 12.2. The fourth-order valence-corrected chi connectivity index (χ4v) is 2.86. The second-order valence-electron chi connectivity index (χ2n) is 5.91. The van der Waals surface area contributed by atoms with Crippen LogP contribution in [-0.2, 0) is 16.6 Å². The van der Waals surface area contributed by atoms with Crippen LogP contribution in [0.4, 0.5) is 0 Å². The van der Waals surface area contributed by atoms with E-state index < -0.39 is 0 Å². The molecule has 0 unspecified atom stereocenters. The first-order valence-electron chi connectivity index (χ1n) is 7.68. The van der Waals surface area contributed by atoms with Gasteiger partial charge in [0.15, 0.2) is 0 Å². The number of carbonyl (C=O) groups is 1. The summed E-state index contributed by atoms with van der Waals surface area (Å²) in [6.07, 6.45) is 2.65. The van der Waals surface area contributed by atoms with Crippen molar-refractivity contribution in [2.45, 2.75) is 24.7 Å². The molecule has 0 aliphatic heterocycles. The molecule has 0 bridgehead atoms. The monoisotopic (exact) mass is 295 g/mol. The molecule has 0 radical (unpaired) electrons. The van der Waals surface area contributed by atoms with Gasteiger partial charge in [0, 0.05) is 17.5 Å². The first-order valence-corrected chi connectivity index (χ1v) is 7.68. The lowest BCUT2D eigenvalue weighted by Gasteiger charge is -2.17. The Labute approximate surface area is 131 Å². The Kier molecular flexibility index (Phi) is 4.14. The highest BCUT2D eigenvalue weighted by atomic mass is 16.5. The molecule has 22 heavy (non-hydrogen) atoms. The van der Waals surface area contributed by atoms with Gasteiger partial charge in [0.2, 0.25) is 5.91 Å². The molecule has 114 valence electrons. The van der Waals surface area contributed by atoms with E-state index in [0.717, 1.165) is 24.2 Å². The molecule has 1 amide bonds. The Morgan fingerprint density at radius 1 is 1.09 bits per heavy atom. The van der Waals surface area contributed by atoms with Crippen molar-refractivity contribution in [3.8, 4) is 5.75 Å². The number of rotatable bonds is 6. The number of benzene rings is 2. The van der Waals surface area contributed by atoms with Gasteiger partial charge < -0.3 is 10.1 Å². The Hall–Kier alpha value is -2.29. The Balaban J connectivity index is 1.59. The van der Waals surface area contributed by atoms with Crippen molar-refractivity contribution >= 4 is 5.91 Å². The first kappa shape index (κ1) is 14.6. The summed E-state index contributed by atoms with van der Waals surface area (Å²) in [6, 6.07) is 18.1. The SMILES string of the molecule is COc1ccccc1CC(=O)NCC1(c2ccccc2)CC1. The summed E-state index contributed by atoms with van der Waals surface area (Å²) in [6.45, 7) is 0.713. The lowest BCUT2D eigenvalue weighted by Crippen LogP contribution is -2.33. The van der Waals surface area contributed by atoms with E-state index >= 15 is 0 Å². The number of ether oxygens (including phenoxy) is 1. The van der Waals surface area contributed by atoms with E-state index in [1.807, 2.05) is 30.3 Å². The van der Waals surface area contributed by atoms with Crippen LogP contribution in [0.2, 0.25) is 0 Å². The predicted octanol–water partition coefficient (Wildman–Crippen LogP) is 3.09. The molecule has 0 heterocycles. The van der Waals surface area contributed by atoms with Gasteiger partial charge in [-0.15, -0.1) is 0 Å². The van der Waals surface area contributed by atoms with E-state index in [1.165, 1.54) is 5.56 Å². The summed E-state index contributed by atoms with van der Waals surface area (Å²) >= 11 is 0. The van der Waals surface area contributed by atoms with Crippen molar-refractivity contribution in [2.75, 3.05) is 13.7 Å². The minimum atomic E-state index is 0.0479. The van der Waals surface area contributed by atoms with Crippen molar-refractivity contribution in [1.82, 2.24) is 5.32 Å². The molecule has 0 spiro atoms. The van der Waals surface area contributed by atoms with E-state index in [0.29, 0.717) is 13.0 Å². The summed E-state index contributed by atoms with van der Waals surface area (Å²) in [5.41, 5.74) is 2.40. The second kappa shape index (κ2) is 6.22. The molecule has 3 rings (SSSR count). The number of para-hydroxylation sites is 1. The topological polar surface area (TPSA) is 38.3 Å². The molecule has 2 aromatic rings. The lowest BCUT2D eigenvalue weighted by atomic mass is 9.96. The van der Waals surface area contributed by atoms with Crippen LogP contribution in [0.25, 0.3) is 0 Å². The molecule has 3 heteroatoms. The molecular formula is C19H21NO2. The average molecular weight is 295 g/mol. The second-order valence-corrected chi connectivity index (χ2v) is 5.91. The van der Waals surface area contributed by atoms with Gasteiger partial charge in [0.05, 0.1) is 13.5 Å². The smallest absolute Gasteiger partial charge is 0.224 e. The van der Waals surface area contributed by atoms with E-state index in [-0.39, 0.29) is 11.3 Å². The molecule has 1 N–H and O–H groups in total. The van der Waals surface area contributed by atoms with Crippen LogP contribution in [0.15, 0.2) is 54.6 Å². The quantitative estimate of drug-likeness (QED) is 0.889. The first-order chi connectivity index (χ1) is 10.7. The van der Waals surface area contributed by atoms with Gasteiger partial charge in [-0.1, -0.05) is 48.5 Å². The van der Waals surface area contributed by atoms with Crippen LogP contribution in [-0.4, -0.2) is 19.6 Å². The zero-order valence-electron chi connectivity index (χ0n) is 12.8. The van der Waals surface area contributed by atoms with Crippen molar-refractivity contribution in [2.24, 2.45) is 0 Å². The van der Waals surface area contributed by atoms with Crippen molar-refractivity contribution in [1.29, 1.82) is 0 Å². The van der Waals surface area contributed by atoms with Gasteiger partial charge in [0.25, 0.3) is 0 Å². The number of hydrogen-bond donors (Lipinski definition) is 1. The molecule has 1 aliphatic carbocycles. The van der Waals surface area contributed by atoms with Gasteiger partial charge in [-0.3, -0.25) is 4.79 Å². The van der Waals surface area contributed by atoms with Crippen LogP contribution in [0.1, 0.15) is 24.0 Å². The zero-order chi connectivity index (χ0) is 15.4. The van der Waals surface area contributed by atoms with Gasteiger partial charge in [-0.05, 0) is 24.5 Å². The van der Waals surface area contributed by atoms with Crippen molar-refractivity contribution in [3.63, 3.8) is 0 Å². The number of nitrogens with one attached hydrogen (secondary N) is 1. The standard InChI is InChI=1S/C19H21NO2/c1-22-17-10-6-5-7-15(17)13-18(21)20-14-19(11-12-19)16-8-3-2-4-9-16/h2-10H,11-14H2,1H3,(H,20,21). The third kappa shape index (κ3) is 3.14. The fourth-order valence-electron chi connectivity index (χ4n) is 2.86. The summed E-state index contributed by atoms with van der Waals surface area (Å²) < 4.78 is 5.29. The number of amides is 1. The Bertz CT molecular complexity index is 647. The molecule has 0 aromatic heterocycles. The molecule has 1 aliphatic rings. The largest absolute Gasteiger partial charge is 0.496 e. The zero-order valence-corrected chi connectivity index (χ0v) is 12.8. The van der Waals surface area contributed by atoms with Crippen LogP contribution < -0.4 is 10.1 Å². The van der Waals surface area contributed by atoms with E-state index in [4.69, 9.17) is 4.74 Å². The fraction of sp³-hybridized carbons (Fsp3) is 0.316. The summed E-state index contributed by atoms with van der Waals surface area (Å²) in [5.74, 6) is 0.813. The lowest BCUT2D eigenvalue weighted by molar-refractivity contribution is -0.120. The van der Waals surface area contributed by atoms with Crippen LogP contribution in [0.3, 0.4) is 0 Å². The number of methoxy groups -OCH3 is 1. The molecule has 3 nitrogen and oxygen atoms in total. The highest BCUT2D eigenvalue weighted by Crippen LogP contribution is 2.47. The molecule has 1 saturated carbocycles. The van der Waals surface area contributed by atoms with E-state index in [9.17, 15) is 4.79 Å². The molecular weight excluding hydrogens is 274 g/mol. The molecule has 2 aromatic carbocycles. The molecule has 1 fully saturated rings. The third-order valence-electron chi connectivity index (χ3n) is 4.41. The third-order valence-corrected chi connectivity index (χ3v) is 4.41. The summed E-state index contributed by atoms with van der Waals surface area (Å²) in [5, 5.41) is 3.09. The van der Waals surface area contributed by atoms with Crippen molar-refractivity contribution < 1.29 is 9.53 Å². The molecule has 0 atom stereocenters. The normalized spacial score (nSPS) is 15.1. The van der Waals surface area contributed by atoms with Crippen LogP contribution in [0.5, 0.6) is 5.75 Å². The van der Waals surface area contributed by atoms with Gasteiger partial charge >= 0.3 is 0 Å². The maximum Gasteiger partial charge on any atom is 0.224 e. The average Bonchev–Trinajstić information content (AvgIpc) is 3.36. The minimum absolute atomic E-state index is 0.0479. The number of carbonyl (C=O) groups excluding carboxylic acids is 1. The summed E-state index contributed by atoms with van der Waals surface area (Å²) in [7, 11) is 1.63. The predicted molar refractivity (Wildman–Crippen MR) is 87.1 cm³/mol. The maximum atomic E-state index is 12.2. The van der Waals surface area contributed by atoms with E-state index in [1.54, 1.807) is 7.11 Å². The van der Waals surface area contributed by atoms with Crippen LogP contribution >= 0.6 is 0 Å². The minimum Gasteiger partial charge on any atom is -0.496 e. The van der Waals surface area contributed by atoms with Gasteiger partial charge in [-0.25, -0.2) is 0 Å². The van der Waals surface area contributed by atoms with E-state index in [2.05, 4.69) is 29.6 Å². The Morgan fingerprint density at radius 2 is 1.77 bits per heavy atom. The Morgan fingerprint density at radius 3 is 2.45 bits per heavy atom. The number of hydrogen-bond acceptors (Lipinski definition) is 2. The van der Waals surface area contributed by atoms with Crippen LogP contribution in [0, 0.1) is 0 Å². The molecule has 0 saturated heterocycles. The van der Waals surface area contributed by atoms with Gasteiger partial charge in [-0.2, -0.15) is 0 Å². The maximum absolute atomic E-state index is 12.2. The van der Waals surface area contributed by atoms with Crippen molar-refractivity contribution in [3.05, 3.63) is 65.7 Å². The van der Waals surface area contributed by atoms with Gasteiger partial charge in [0.1, 0.15) is 5.75 Å². The highest BCUT2D eigenvalue weighted by molar-refractivity contribution is 5.79. The highest BCUT2D eigenvalue weighted by Gasteiger charge is 2.44.